The summed E-state index contributed by atoms with van der Waals surface area (Å²) in [5, 5.41) is 9.50. The molecule has 0 aromatic carbocycles. The maximum Gasteiger partial charge on any atom is 0.426 e. The lowest BCUT2D eigenvalue weighted by molar-refractivity contribution is -0.120. The summed E-state index contributed by atoms with van der Waals surface area (Å²) in [6.07, 6.45) is -0.903. The Morgan fingerprint density at radius 3 is 2.45 bits per heavy atom. The maximum atomic E-state index is 10.8. The second kappa shape index (κ2) is 2.11. The second-order valence-electron chi connectivity index (χ2n) is 3.14. The van der Waals surface area contributed by atoms with Crippen LogP contribution in [0.2, 0.25) is 0 Å². The lowest BCUT2D eigenvalue weighted by Crippen LogP contribution is -2.47. The van der Waals surface area contributed by atoms with Gasteiger partial charge < -0.3 is 5.11 Å². The van der Waals surface area contributed by atoms with Crippen molar-refractivity contribution in [2.24, 2.45) is 0 Å². The summed E-state index contributed by atoms with van der Waals surface area (Å²) in [4.78, 5) is 21.2. The fourth-order valence-electron chi connectivity index (χ4n) is 1.09. The van der Waals surface area contributed by atoms with E-state index in [2.05, 4.69) is 5.43 Å². The number of rotatable bonds is 0. The highest BCUT2D eigenvalue weighted by Crippen LogP contribution is 2.22. The molecule has 0 aromatic rings. The van der Waals surface area contributed by atoms with E-state index in [0.29, 0.717) is 0 Å². The van der Waals surface area contributed by atoms with Crippen molar-refractivity contribution in [3.63, 3.8) is 0 Å². The molecule has 1 aliphatic rings. The smallest absolute Gasteiger partial charge is 0.426 e. The normalized spacial score (nSPS) is 21.6. The molecule has 0 atom stereocenters. The number of hydrogen-bond donors (Lipinski definition) is 2. The first-order chi connectivity index (χ1) is 4.93. The lowest BCUT2D eigenvalue weighted by atomic mass is 10.0. The van der Waals surface area contributed by atoms with Crippen molar-refractivity contribution >= 4 is 12.0 Å². The quantitative estimate of drug-likeness (QED) is 0.528. The predicted octanol–water partition coefficient (Wildman–Crippen LogP) is 0.180. The highest BCUT2D eigenvalue weighted by molar-refractivity contribution is 5.83. The molecule has 62 valence electrons. The van der Waals surface area contributed by atoms with E-state index in [1.165, 1.54) is 0 Å². The molecule has 5 nitrogen and oxygen atoms in total. The van der Waals surface area contributed by atoms with Crippen LogP contribution in [0.25, 0.3) is 0 Å². The van der Waals surface area contributed by atoms with Crippen LogP contribution in [0.5, 0.6) is 0 Å². The first-order valence-electron chi connectivity index (χ1n) is 3.26. The fourth-order valence-corrected chi connectivity index (χ4v) is 1.09. The summed E-state index contributed by atoms with van der Waals surface area (Å²) in [5.41, 5.74) is 1.62. The first kappa shape index (κ1) is 7.84. The van der Waals surface area contributed by atoms with Gasteiger partial charge in [-0.25, -0.2) is 9.80 Å². The van der Waals surface area contributed by atoms with Crippen LogP contribution in [-0.2, 0) is 4.79 Å². The van der Waals surface area contributed by atoms with Crippen LogP contribution in [0, 0.1) is 0 Å². The molecule has 1 aliphatic heterocycles. The van der Waals surface area contributed by atoms with E-state index in [1.807, 2.05) is 0 Å². The number of amides is 2. The van der Waals surface area contributed by atoms with Crippen molar-refractivity contribution in [1.29, 1.82) is 0 Å². The van der Waals surface area contributed by atoms with Gasteiger partial charge in [-0.3, -0.25) is 10.2 Å². The number of carbonyl (C=O) groups excluding carboxylic acids is 1. The van der Waals surface area contributed by atoms with Crippen LogP contribution in [0.1, 0.15) is 20.3 Å². The van der Waals surface area contributed by atoms with E-state index in [9.17, 15) is 9.59 Å². The van der Waals surface area contributed by atoms with E-state index in [0.717, 1.165) is 5.01 Å². The van der Waals surface area contributed by atoms with Crippen molar-refractivity contribution < 1.29 is 14.7 Å². The minimum atomic E-state index is -1.12. The minimum absolute atomic E-state index is 0.222. The molecule has 5 heteroatoms. The summed E-state index contributed by atoms with van der Waals surface area (Å²) >= 11 is 0. The SMILES string of the molecule is CC1(C)CC(=O)NN1C(=O)O. The van der Waals surface area contributed by atoms with E-state index >= 15 is 0 Å². The van der Waals surface area contributed by atoms with Crippen LogP contribution in [0.15, 0.2) is 0 Å². The lowest BCUT2D eigenvalue weighted by Gasteiger charge is -2.26. The standard InChI is InChI=1S/C6H10N2O3/c1-6(2)3-4(9)7-8(6)5(10)11/h3H2,1-2H3,(H,7,9)(H,10,11). The first-order valence-corrected chi connectivity index (χ1v) is 3.26. The average Bonchev–Trinajstić information content (AvgIpc) is 2.04. The molecule has 1 heterocycles. The third-order valence-corrected chi connectivity index (χ3v) is 1.63. The van der Waals surface area contributed by atoms with Gasteiger partial charge in [0.25, 0.3) is 0 Å². The second-order valence-corrected chi connectivity index (χ2v) is 3.14. The molecule has 2 amide bonds. The van der Waals surface area contributed by atoms with E-state index in [1.54, 1.807) is 13.8 Å². The third-order valence-electron chi connectivity index (χ3n) is 1.63. The van der Waals surface area contributed by atoms with Gasteiger partial charge in [0.2, 0.25) is 5.91 Å². The Morgan fingerprint density at radius 2 is 2.27 bits per heavy atom. The summed E-state index contributed by atoms with van der Waals surface area (Å²) in [5.74, 6) is -0.252. The Hall–Kier alpha value is -1.26. The zero-order valence-electron chi connectivity index (χ0n) is 6.42. The van der Waals surface area contributed by atoms with Gasteiger partial charge >= 0.3 is 6.09 Å². The Morgan fingerprint density at radius 1 is 1.73 bits per heavy atom. The van der Waals surface area contributed by atoms with Crippen molar-refractivity contribution in [3.05, 3.63) is 0 Å². The molecule has 1 fully saturated rings. The maximum absolute atomic E-state index is 10.8. The van der Waals surface area contributed by atoms with Crippen molar-refractivity contribution in [1.82, 2.24) is 10.4 Å². The van der Waals surface area contributed by atoms with Gasteiger partial charge in [0, 0.05) is 0 Å². The molecule has 0 unspecified atom stereocenters. The van der Waals surface area contributed by atoms with Gasteiger partial charge in [-0.1, -0.05) is 0 Å². The van der Waals surface area contributed by atoms with Gasteiger partial charge in [-0.15, -0.1) is 0 Å². The molecule has 0 aliphatic carbocycles. The van der Waals surface area contributed by atoms with Crippen LogP contribution in [-0.4, -0.2) is 27.7 Å². The van der Waals surface area contributed by atoms with Crippen molar-refractivity contribution in [2.75, 3.05) is 0 Å². The topological polar surface area (TPSA) is 69.6 Å². The minimum Gasteiger partial charge on any atom is -0.464 e. The Balaban J connectivity index is 2.82. The summed E-state index contributed by atoms with van der Waals surface area (Å²) in [7, 11) is 0. The highest BCUT2D eigenvalue weighted by atomic mass is 16.4. The molecule has 1 rings (SSSR count). The van der Waals surface area contributed by atoms with Gasteiger partial charge in [0.15, 0.2) is 0 Å². The monoisotopic (exact) mass is 158 g/mol. The molecule has 0 spiro atoms. The number of carbonyl (C=O) groups is 2. The van der Waals surface area contributed by atoms with E-state index in [4.69, 9.17) is 5.11 Å². The van der Waals surface area contributed by atoms with Crippen LogP contribution >= 0.6 is 0 Å². The summed E-state index contributed by atoms with van der Waals surface area (Å²) in [6.45, 7) is 3.39. The molecular formula is C6H10N2O3. The zero-order chi connectivity index (χ0) is 8.65. The van der Waals surface area contributed by atoms with Crippen LogP contribution < -0.4 is 5.43 Å². The number of nitrogens with zero attached hydrogens (tertiary/aromatic N) is 1. The van der Waals surface area contributed by atoms with E-state index in [-0.39, 0.29) is 12.3 Å². The van der Waals surface area contributed by atoms with Gasteiger partial charge in [-0.05, 0) is 13.8 Å². The van der Waals surface area contributed by atoms with Gasteiger partial charge in [0.1, 0.15) is 0 Å². The van der Waals surface area contributed by atoms with Gasteiger partial charge in [0.05, 0.1) is 12.0 Å². The van der Waals surface area contributed by atoms with Crippen molar-refractivity contribution in [2.45, 2.75) is 25.8 Å². The fraction of sp³-hybridized carbons (Fsp3) is 0.667. The largest absolute Gasteiger partial charge is 0.464 e. The van der Waals surface area contributed by atoms with Crippen LogP contribution in [0.4, 0.5) is 4.79 Å². The molecular weight excluding hydrogens is 148 g/mol. The number of hydrazine groups is 1. The number of carboxylic acid groups (broad SMARTS) is 1. The predicted molar refractivity (Wildman–Crippen MR) is 36.7 cm³/mol. The molecule has 2 N–H and O–H groups in total. The molecule has 1 saturated heterocycles. The van der Waals surface area contributed by atoms with Crippen molar-refractivity contribution in [3.8, 4) is 0 Å². The van der Waals surface area contributed by atoms with E-state index < -0.39 is 11.6 Å². The summed E-state index contributed by atoms with van der Waals surface area (Å²) < 4.78 is 0. The molecule has 0 bridgehead atoms. The molecule has 11 heavy (non-hydrogen) atoms. The van der Waals surface area contributed by atoms with Crippen LogP contribution in [0.3, 0.4) is 0 Å². The molecule has 0 aromatic heterocycles. The van der Waals surface area contributed by atoms with Gasteiger partial charge in [-0.2, -0.15) is 0 Å². The Bertz CT molecular complexity index is 212. The molecule has 0 radical (unpaired) electrons. The Kier molecular flexibility index (Phi) is 1.51. The molecule has 0 saturated carbocycles. The highest BCUT2D eigenvalue weighted by Gasteiger charge is 2.40. The zero-order valence-corrected chi connectivity index (χ0v) is 6.42. The third kappa shape index (κ3) is 1.26. The summed E-state index contributed by atoms with van der Waals surface area (Å²) in [6, 6.07) is 0. The number of nitrogens with one attached hydrogen (secondary N) is 1. The Labute approximate surface area is 64.0 Å². The average molecular weight is 158 g/mol. The number of hydrogen-bond acceptors (Lipinski definition) is 2.